The molecule has 1 aromatic heterocycles. The molecule has 2 aliphatic heterocycles. The van der Waals surface area contributed by atoms with Crippen LogP contribution in [-0.4, -0.2) is 82.7 Å². The van der Waals surface area contributed by atoms with Gasteiger partial charge in [0.15, 0.2) is 0 Å². The number of carbonyl (C=O) groups excluding carboxylic acids is 1. The molecule has 3 aromatic rings. The number of benzene rings is 2. The third-order valence-electron chi connectivity index (χ3n) is 8.70. The second-order valence-corrected chi connectivity index (χ2v) is 11.0. The van der Waals surface area contributed by atoms with Gasteiger partial charge in [-0.25, -0.2) is 4.39 Å². The predicted molar refractivity (Wildman–Crippen MR) is 139 cm³/mol. The molecule has 190 valence electrons. The van der Waals surface area contributed by atoms with Crippen molar-refractivity contribution >= 4 is 16.8 Å². The van der Waals surface area contributed by atoms with E-state index in [0.29, 0.717) is 31.1 Å². The molecular weight excluding hydrogens is 455 g/mol. The number of hydrogen-bond donors (Lipinski definition) is 1. The number of aliphatic hydroxyl groups excluding tert-OH is 1. The number of para-hydroxylation sites is 1. The van der Waals surface area contributed by atoms with Gasteiger partial charge in [-0.15, -0.1) is 0 Å². The van der Waals surface area contributed by atoms with Crippen LogP contribution in [0.3, 0.4) is 0 Å². The molecule has 0 bridgehead atoms. The average Bonchev–Trinajstić information content (AvgIpc) is 3.63. The summed E-state index contributed by atoms with van der Waals surface area (Å²) in [7, 11) is 6.27. The maximum absolute atomic E-state index is 14.9. The lowest BCUT2D eigenvalue weighted by Crippen LogP contribution is -2.35. The van der Waals surface area contributed by atoms with E-state index < -0.39 is 6.10 Å². The van der Waals surface area contributed by atoms with Gasteiger partial charge >= 0.3 is 0 Å². The smallest absolute Gasteiger partial charge is 0.256 e. The summed E-state index contributed by atoms with van der Waals surface area (Å²) in [6.07, 6.45) is 4.27. The molecular formula is C29H35FN4O2. The van der Waals surface area contributed by atoms with Crippen molar-refractivity contribution in [2.75, 3.05) is 40.3 Å². The fourth-order valence-electron chi connectivity index (χ4n) is 6.94. The van der Waals surface area contributed by atoms with Crippen molar-refractivity contribution in [3.8, 4) is 0 Å². The van der Waals surface area contributed by atoms with Gasteiger partial charge < -0.3 is 19.5 Å². The quantitative estimate of drug-likeness (QED) is 0.608. The lowest BCUT2D eigenvalue weighted by molar-refractivity contribution is 0.0766. The normalized spacial score (nSPS) is 26.4. The topological polar surface area (TPSA) is 52.0 Å². The zero-order chi connectivity index (χ0) is 25.1. The minimum atomic E-state index is -0.437. The number of β-amino-alcohol motifs (C(OH)–C–C–N with tert-alkyl or cyclic N) is 1. The van der Waals surface area contributed by atoms with Gasteiger partial charge in [0.1, 0.15) is 5.82 Å². The van der Waals surface area contributed by atoms with Gasteiger partial charge in [-0.3, -0.25) is 9.69 Å². The Kier molecular flexibility index (Phi) is 5.90. The maximum Gasteiger partial charge on any atom is 0.256 e. The van der Waals surface area contributed by atoms with Crippen LogP contribution >= 0.6 is 0 Å². The SMILES string of the molecule is CN(C)[C@H]1CN(C2CCc3cccc(F)c32)C[C@@H]1c1cn(C)c2c(C(=O)N3CC[C@H](O)C3)cccc12. The van der Waals surface area contributed by atoms with Crippen LogP contribution in [0.2, 0.25) is 0 Å². The van der Waals surface area contributed by atoms with E-state index in [4.69, 9.17) is 0 Å². The van der Waals surface area contributed by atoms with E-state index in [2.05, 4.69) is 46.8 Å². The third-order valence-corrected chi connectivity index (χ3v) is 8.70. The molecule has 0 saturated carbocycles. The first kappa shape index (κ1) is 23.6. The first-order valence-corrected chi connectivity index (χ1v) is 13.1. The van der Waals surface area contributed by atoms with Crippen LogP contribution in [0.4, 0.5) is 4.39 Å². The molecule has 3 heterocycles. The van der Waals surface area contributed by atoms with Gasteiger partial charge in [-0.1, -0.05) is 24.3 Å². The van der Waals surface area contributed by atoms with Gasteiger partial charge in [0.25, 0.3) is 5.91 Å². The third kappa shape index (κ3) is 3.76. The number of fused-ring (bicyclic) bond motifs is 2. The molecule has 0 spiro atoms. The second-order valence-electron chi connectivity index (χ2n) is 11.0. The Morgan fingerprint density at radius 1 is 1.08 bits per heavy atom. The highest BCUT2D eigenvalue weighted by molar-refractivity contribution is 6.07. The largest absolute Gasteiger partial charge is 0.391 e. The monoisotopic (exact) mass is 490 g/mol. The highest BCUT2D eigenvalue weighted by atomic mass is 19.1. The van der Waals surface area contributed by atoms with Crippen molar-refractivity contribution in [1.82, 2.24) is 19.3 Å². The van der Waals surface area contributed by atoms with Crippen LogP contribution < -0.4 is 0 Å². The predicted octanol–water partition coefficient (Wildman–Crippen LogP) is 3.54. The van der Waals surface area contributed by atoms with Gasteiger partial charge in [0, 0.05) is 68.4 Å². The van der Waals surface area contributed by atoms with E-state index in [1.807, 2.05) is 25.2 Å². The number of nitrogens with zero attached hydrogens (tertiary/aromatic N) is 4. The summed E-state index contributed by atoms with van der Waals surface area (Å²) in [4.78, 5) is 19.9. The summed E-state index contributed by atoms with van der Waals surface area (Å²) in [5, 5.41) is 11.1. The highest BCUT2D eigenvalue weighted by Gasteiger charge is 2.42. The van der Waals surface area contributed by atoms with E-state index in [9.17, 15) is 14.3 Å². The van der Waals surface area contributed by atoms with Gasteiger partial charge in [0.2, 0.25) is 0 Å². The lowest BCUT2D eigenvalue weighted by Gasteiger charge is -2.26. The molecule has 1 aliphatic carbocycles. The number of carbonyl (C=O) groups is 1. The molecule has 2 fully saturated rings. The Labute approximate surface area is 211 Å². The Bertz CT molecular complexity index is 1320. The summed E-state index contributed by atoms with van der Waals surface area (Å²) in [6, 6.07) is 11.9. The molecule has 7 heteroatoms. The van der Waals surface area contributed by atoms with Gasteiger partial charge in [-0.05, 0) is 56.6 Å². The van der Waals surface area contributed by atoms with Gasteiger partial charge in [0.05, 0.1) is 17.2 Å². The van der Waals surface area contributed by atoms with E-state index in [1.165, 1.54) is 5.56 Å². The second kappa shape index (κ2) is 8.98. The van der Waals surface area contributed by atoms with E-state index in [1.54, 1.807) is 11.0 Å². The molecule has 3 aliphatic rings. The minimum Gasteiger partial charge on any atom is -0.391 e. The molecule has 6 rings (SSSR count). The fourth-order valence-corrected chi connectivity index (χ4v) is 6.94. The van der Waals surface area contributed by atoms with Crippen molar-refractivity contribution in [3.63, 3.8) is 0 Å². The van der Waals surface area contributed by atoms with E-state index in [0.717, 1.165) is 48.0 Å². The molecule has 2 saturated heterocycles. The summed E-state index contributed by atoms with van der Waals surface area (Å²) < 4.78 is 16.9. The van der Waals surface area contributed by atoms with Crippen molar-refractivity contribution in [2.24, 2.45) is 7.05 Å². The standard InChI is InChI=1S/C29H35FN4O2/c1-31(2)26-17-34(25-11-10-18-6-4-9-24(30)27(18)25)16-23(26)22-15-32(3)28-20(22)7-5-8-21(28)29(36)33-13-12-19(35)14-33/h4-9,15,19,23,25-26,35H,10-14,16-17H2,1-3H3/t19-,23+,25?,26-/m0/s1. The number of hydrogen-bond acceptors (Lipinski definition) is 4. The van der Waals surface area contributed by atoms with E-state index in [-0.39, 0.29) is 23.7 Å². The van der Waals surface area contributed by atoms with Crippen molar-refractivity contribution in [1.29, 1.82) is 0 Å². The van der Waals surface area contributed by atoms with Crippen molar-refractivity contribution < 1.29 is 14.3 Å². The zero-order valence-corrected chi connectivity index (χ0v) is 21.3. The summed E-state index contributed by atoms with van der Waals surface area (Å²) in [5.74, 6) is 0.152. The number of aryl methyl sites for hydroxylation is 2. The molecule has 6 nitrogen and oxygen atoms in total. The number of likely N-dealkylation sites (N-methyl/N-ethyl adjacent to an activating group) is 1. The van der Waals surface area contributed by atoms with Crippen LogP contribution in [0.5, 0.6) is 0 Å². The van der Waals surface area contributed by atoms with Crippen LogP contribution in [0, 0.1) is 5.82 Å². The van der Waals surface area contributed by atoms with Gasteiger partial charge in [-0.2, -0.15) is 0 Å². The number of likely N-dealkylation sites (tertiary alicyclic amines) is 2. The Morgan fingerprint density at radius 3 is 2.64 bits per heavy atom. The van der Waals surface area contributed by atoms with Crippen molar-refractivity contribution in [3.05, 3.63) is 70.7 Å². The average molecular weight is 491 g/mol. The number of amides is 1. The van der Waals surface area contributed by atoms with Crippen LogP contribution in [0.1, 0.15) is 51.8 Å². The Morgan fingerprint density at radius 2 is 1.89 bits per heavy atom. The number of halogens is 1. The van der Waals surface area contributed by atoms with Crippen molar-refractivity contribution in [2.45, 2.75) is 43.4 Å². The van der Waals surface area contributed by atoms with Crippen LogP contribution in [0.25, 0.3) is 10.9 Å². The van der Waals surface area contributed by atoms with E-state index >= 15 is 0 Å². The number of rotatable bonds is 4. The fraction of sp³-hybridized carbons (Fsp3) is 0.483. The van der Waals surface area contributed by atoms with Crippen LogP contribution in [-0.2, 0) is 13.5 Å². The number of aliphatic hydroxyl groups is 1. The maximum atomic E-state index is 14.9. The molecule has 1 unspecified atom stereocenters. The summed E-state index contributed by atoms with van der Waals surface area (Å²) in [5.41, 5.74) is 4.92. The minimum absolute atomic E-state index is 0.0138. The lowest BCUT2D eigenvalue weighted by atomic mass is 9.92. The van der Waals surface area contributed by atoms with Crippen LogP contribution in [0.15, 0.2) is 42.6 Å². The molecule has 0 radical (unpaired) electrons. The Balaban J connectivity index is 1.36. The molecule has 1 N–H and O–H groups in total. The number of aromatic nitrogens is 1. The highest BCUT2D eigenvalue weighted by Crippen LogP contribution is 2.44. The summed E-state index contributed by atoms with van der Waals surface area (Å²) in [6.45, 7) is 2.73. The first-order chi connectivity index (χ1) is 17.3. The molecule has 4 atom stereocenters. The molecule has 36 heavy (non-hydrogen) atoms. The Hall–Kier alpha value is -2.74. The molecule has 2 aromatic carbocycles. The summed E-state index contributed by atoms with van der Waals surface area (Å²) >= 11 is 0. The molecule has 1 amide bonds. The zero-order valence-electron chi connectivity index (χ0n) is 21.3. The first-order valence-electron chi connectivity index (χ1n) is 13.1.